The molecule has 7 atom stereocenters. The van der Waals surface area contributed by atoms with E-state index in [-0.39, 0.29) is 23.0 Å². The highest BCUT2D eigenvalue weighted by atomic mass is 16.3. The maximum absolute atomic E-state index is 12.0. The lowest BCUT2D eigenvalue weighted by Gasteiger charge is -2.59. The summed E-state index contributed by atoms with van der Waals surface area (Å²) in [7, 11) is 0. The Balaban J connectivity index is 1.69. The van der Waals surface area contributed by atoms with Crippen molar-refractivity contribution >= 4 is 5.78 Å². The van der Waals surface area contributed by atoms with Crippen molar-refractivity contribution in [3.8, 4) is 0 Å². The molecule has 0 amide bonds. The predicted molar refractivity (Wildman–Crippen MR) is 97.9 cm³/mol. The molecule has 3 nitrogen and oxygen atoms in total. The van der Waals surface area contributed by atoms with E-state index >= 15 is 0 Å². The molecule has 0 aromatic heterocycles. The van der Waals surface area contributed by atoms with Crippen LogP contribution >= 0.6 is 0 Å². The molecule has 140 valence electrons. The average molecular weight is 347 g/mol. The fourth-order valence-corrected chi connectivity index (χ4v) is 7.77. The van der Waals surface area contributed by atoms with E-state index < -0.39 is 11.7 Å². The fourth-order valence-electron chi connectivity index (χ4n) is 7.77. The van der Waals surface area contributed by atoms with Crippen LogP contribution in [0.15, 0.2) is 11.6 Å². The Bertz CT molecular complexity index is 615. The van der Waals surface area contributed by atoms with E-state index in [0.29, 0.717) is 23.7 Å². The van der Waals surface area contributed by atoms with Crippen LogP contribution in [0.1, 0.15) is 72.6 Å². The van der Waals surface area contributed by atoms with Crippen LogP contribution in [0.2, 0.25) is 0 Å². The molecule has 2 N–H and O–H groups in total. The second-order valence-electron chi connectivity index (χ2n) is 10.4. The Hall–Kier alpha value is -0.670. The number of hydrogen-bond donors (Lipinski definition) is 2. The quantitative estimate of drug-likeness (QED) is 0.757. The number of aliphatic hydroxyl groups excluding tert-OH is 1. The first kappa shape index (κ1) is 17.7. The second kappa shape index (κ2) is 5.42. The molecule has 0 bridgehead atoms. The van der Waals surface area contributed by atoms with Gasteiger partial charge in [0.1, 0.15) is 0 Å². The summed E-state index contributed by atoms with van der Waals surface area (Å²) in [6.45, 7) is 8.60. The maximum atomic E-state index is 12.0. The van der Waals surface area contributed by atoms with Gasteiger partial charge >= 0.3 is 0 Å². The molecule has 0 spiro atoms. The van der Waals surface area contributed by atoms with Crippen LogP contribution in [0.3, 0.4) is 0 Å². The number of fused-ring (bicyclic) bond motifs is 5. The normalized spacial score (nSPS) is 49.9. The summed E-state index contributed by atoms with van der Waals surface area (Å²) >= 11 is 0. The molecular formula is C22H34O3. The Morgan fingerprint density at radius 3 is 2.52 bits per heavy atom. The minimum absolute atomic E-state index is 0.0991. The van der Waals surface area contributed by atoms with Gasteiger partial charge in [-0.3, -0.25) is 4.79 Å². The highest BCUT2D eigenvalue weighted by molar-refractivity contribution is 5.92. The second-order valence-corrected chi connectivity index (χ2v) is 10.4. The van der Waals surface area contributed by atoms with Crippen molar-refractivity contribution in [1.29, 1.82) is 0 Å². The van der Waals surface area contributed by atoms with E-state index in [9.17, 15) is 15.0 Å². The van der Waals surface area contributed by atoms with Gasteiger partial charge < -0.3 is 10.2 Å². The van der Waals surface area contributed by atoms with Gasteiger partial charge in [-0.05, 0) is 87.5 Å². The molecule has 0 radical (unpaired) electrons. The Labute approximate surface area is 151 Å². The number of carbonyl (C=O) groups excluding carboxylic acids is 1. The third-order valence-electron chi connectivity index (χ3n) is 8.92. The van der Waals surface area contributed by atoms with E-state index in [1.807, 2.05) is 19.9 Å². The van der Waals surface area contributed by atoms with E-state index in [0.717, 1.165) is 32.1 Å². The van der Waals surface area contributed by atoms with Crippen molar-refractivity contribution < 1.29 is 15.0 Å². The van der Waals surface area contributed by atoms with Crippen LogP contribution < -0.4 is 0 Å². The van der Waals surface area contributed by atoms with Crippen molar-refractivity contribution in [2.24, 2.45) is 34.5 Å². The Morgan fingerprint density at radius 2 is 1.84 bits per heavy atom. The molecule has 0 heterocycles. The van der Waals surface area contributed by atoms with Crippen LogP contribution in [0.4, 0.5) is 0 Å². The maximum Gasteiger partial charge on any atom is 0.158 e. The molecule has 0 aromatic carbocycles. The highest BCUT2D eigenvalue weighted by Gasteiger charge is 2.62. The summed E-state index contributed by atoms with van der Waals surface area (Å²) in [4.78, 5) is 12.0. The third kappa shape index (κ3) is 2.34. The lowest BCUT2D eigenvalue weighted by atomic mass is 9.45. The molecule has 0 aliphatic heterocycles. The Morgan fingerprint density at radius 1 is 1.12 bits per heavy atom. The smallest absolute Gasteiger partial charge is 0.158 e. The molecule has 4 aliphatic rings. The summed E-state index contributed by atoms with van der Waals surface area (Å²) in [5.41, 5.74) is 0.590. The zero-order chi connectivity index (χ0) is 18.2. The van der Waals surface area contributed by atoms with Gasteiger partial charge in [0, 0.05) is 11.8 Å². The van der Waals surface area contributed by atoms with E-state index in [4.69, 9.17) is 0 Å². The number of rotatable bonds is 1. The van der Waals surface area contributed by atoms with Gasteiger partial charge in [-0.1, -0.05) is 19.4 Å². The summed E-state index contributed by atoms with van der Waals surface area (Å²) in [6, 6.07) is 0. The molecule has 3 saturated carbocycles. The number of ketones is 1. The van der Waals surface area contributed by atoms with Gasteiger partial charge in [0.05, 0.1) is 11.7 Å². The molecule has 0 saturated heterocycles. The predicted octanol–water partition coefficient (Wildman–Crippen LogP) is 3.88. The van der Waals surface area contributed by atoms with Crippen molar-refractivity contribution in [2.45, 2.75) is 84.3 Å². The van der Waals surface area contributed by atoms with Crippen molar-refractivity contribution in [3.63, 3.8) is 0 Å². The van der Waals surface area contributed by atoms with Crippen LogP contribution in [-0.4, -0.2) is 27.7 Å². The number of aliphatic hydroxyl groups is 2. The van der Waals surface area contributed by atoms with Crippen molar-refractivity contribution in [2.75, 3.05) is 0 Å². The largest absolute Gasteiger partial charge is 0.392 e. The zero-order valence-electron chi connectivity index (χ0n) is 16.2. The van der Waals surface area contributed by atoms with E-state index in [1.165, 1.54) is 12.0 Å². The fraction of sp³-hybridized carbons (Fsp3) is 0.864. The summed E-state index contributed by atoms with van der Waals surface area (Å²) < 4.78 is 0. The SMILES string of the molecule is CC(C)(O)C1CCC2C3CCC4=CC(=O)CC(O)C4(C)C3CCC21C. The first-order chi connectivity index (χ1) is 11.6. The molecule has 4 aliphatic carbocycles. The lowest BCUT2D eigenvalue weighted by molar-refractivity contribution is -0.132. The molecular weight excluding hydrogens is 312 g/mol. The minimum Gasteiger partial charge on any atom is -0.392 e. The van der Waals surface area contributed by atoms with Crippen LogP contribution in [0.25, 0.3) is 0 Å². The molecule has 0 aromatic rings. The molecule has 25 heavy (non-hydrogen) atoms. The van der Waals surface area contributed by atoms with E-state index in [2.05, 4.69) is 13.8 Å². The number of hydrogen-bond acceptors (Lipinski definition) is 3. The van der Waals surface area contributed by atoms with Gasteiger partial charge in [0.15, 0.2) is 5.78 Å². The molecule has 3 fully saturated rings. The standard InChI is InChI=1S/C22H34O3/c1-20(2,25)18-8-7-16-15-6-5-13-11-14(23)12-19(24)22(13,4)17(15)9-10-21(16,18)3/h11,15-19,24-25H,5-10,12H2,1-4H3. The van der Waals surface area contributed by atoms with Gasteiger partial charge in [0.2, 0.25) is 0 Å². The van der Waals surface area contributed by atoms with Crippen molar-refractivity contribution in [3.05, 3.63) is 11.6 Å². The first-order valence-corrected chi connectivity index (χ1v) is 10.2. The van der Waals surface area contributed by atoms with Crippen molar-refractivity contribution in [1.82, 2.24) is 0 Å². The average Bonchev–Trinajstić information content (AvgIpc) is 2.86. The summed E-state index contributed by atoms with van der Waals surface area (Å²) in [5, 5.41) is 21.6. The first-order valence-electron chi connectivity index (χ1n) is 10.2. The van der Waals surface area contributed by atoms with Crippen LogP contribution in [0, 0.1) is 34.5 Å². The Kier molecular flexibility index (Phi) is 3.84. The van der Waals surface area contributed by atoms with Crippen LogP contribution in [0.5, 0.6) is 0 Å². The van der Waals surface area contributed by atoms with E-state index in [1.54, 1.807) is 0 Å². The van der Waals surface area contributed by atoms with Gasteiger partial charge in [-0.15, -0.1) is 0 Å². The van der Waals surface area contributed by atoms with Gasteiger partial charge in [0.25, 0.3) is 0 Å². The lowest BCUT2D eigenvalue weighted by Crippen LogP contribution is -2.56. The third-order valence-corrected chi connectivity index (χ3v) is 8.92. The highest BCUT2D eigenvalue weighted by Crippen LogP contribution is 2.67. The summed E-state index contributed by atoms with van der Waals surface area (Å²) in [6.07, 6.45) is 8.29. The zero-order valence-corrected chi connectivity index (χ0v) is 16.2. The molecule has 4 rings (SSSR count). The van der Waals surface area contributed by atoms with Gasteiger partial charge in [-0.2, -0.15) is 0 Å². The summed E-state index contributed by atoms with van der Waals surface area (Å²) in [5.74, 6) is 2.21. The molecule has 3 heteroatoms. The topological polar surface area (TPSA) is 57.5 Å². The minimum atomic E-state index is -0.614. The van der Waals surface area contributed by atoms with Gasteiger partial charge in [-0.25, -0.2) is 0 Å². The molecule has 7 unspecified atom stereocenters. The number of carbonyl (C=O) groups is 1. The monoisotopic (exact) mass is 346 g/mol. The van der Waals surface area contributed by atoms with Crippen LogP contribution in [-0.2, 0) is 4.79 Å².